The van der Waals surface area contributed by atoms with Gasteiger partial charge in [0, 0.05) is 48.9 Å². The van der Waals surface area contributed by atoms with Crippen molar-refractivity contribution in [3.05, 3.63) is 70.1 Å². The van der Waals surface area contributed by atoms with Gasteiger partial charge in [-0.2, -0.15) is 0 Å². The van der Waals surface area contributed by atoms with Gasteiger partial charge in [0.1, 0.15) is 17.6 Å². The van der Waals surface area contributed by atoms with Gasteiger partial charge in [0.2, 0.25) is 5.91 Å². The minimum absolute atomic E-state index is 0.0243. The third-order valence-electron chi connectivity index (χ3n) is 4.91. The number of rotatable bonds is 8. The Labute approximate surface area is 190 Å². The lowest BCUT2D eigenvalue weighted by Gasteiger charge is -2.22. The number of likely N-dealkylation sites (N-methyl/N-ethyl adjacent to an activating group) is 1. The van der Waals surface area contributed by atoms with E-state index < -0.39 is 11.7 Å². The van der Waals surface area contributed by atoms with Gasteiger partial charge in [0.15, 0.2) is 6.61 Å². The molecule has 0 saturated carbocycles. The van der Waals surface area contributed by atoms with Crippen molar-refractivity contribution in [1.82, 2.24) is 10.6 Å². The molecule has 2 N–H and O–H groups in total. The number of hydrogen-bond donors (Lipinski definition) is 2. The van der Waals surface area contributed by atoms with Crippen LogP contribution in [0.4, 0.5) is 10.1 Å². The van der Waals surface area contributed by atoms with Crippen LogP contribution in [0, 0.1) is 5.82 Å². The predicted molar refractivity (Wildman–Crippen MR) is 119 cm³/mol. The predicted octanol–water partition coefficient (Wildman–Crippen LogP) is 3.71. The molecule has 1 aliphatic heterocycles. The zero-order valence-corrected chi connectivity index (χ0v) is 18.4. The minimum Gasteiger partial charge on any atom is -0.484 e. The summed E-state index contributed by atoms with van der Waals surface area (Å²) in [6, 6.07) is 9.19. The van der Waals surface area contributed by atoms with Crippen LogP contribution in [0.15, 0.2) is 48.7 Å². The number of hydrogen-bond acceptors (Lipinski definition) is 4. The van der Waals surface area contributed by atoms with Crippen molar-refractivity contribution in [3.8, 4) is 5.75 Å². The maximum Gasteiger partial charge on any atom is 0.262 e. The number of nitrogens with zero attached hydrogens (tertiary/aromatic N) is 1. The number of ether oxygens (including phenoxy) is 1. The molecule has 1 heterocycles. The molecule has 31 heavy (non-hydrogen) atoms. The van der Waals surface area contributed by atoms with Gasteiger partial charge in [0.05, 0.1) is 5.02 Å². The molecule has 1 atom stereocenters. The van der Waals surface area contributed by atoms with E-state index in [0.29, 0.717) is 30.1 Å². The fourth-order valence-corrected chi connectivity index (χ4v) is 3.62. The molecule has 2 aromatic rings. The molecule has 0 fully saturated rings. The van der Waals surface area contributed by atoms with E-state index in [0.717, 1.165) is 17.3 Å². The van der Waals surface area contributed by atoms with E-state index in [2.05, 4.69) is 17.2 Å². The molecule has 0 bridgehead atoms. The van der Waals surface area contributed by atoms with E-state index in [1.807, 2.05) is 24.1 Å². The first kappa shape index (κ1) is 22.9. The van der Waals surface area contributed by atoms with E-state index in [1.54, 1.807) is 6.07 Å². The Morgan fingerprint density at radius 2 is 2.03 bits per heavy atom. The van der Waals surface area contributed by atoms with Gasteiger partial charge >= 0.3 is 0 Å². The molecular formula is C22H22Cl2FN3O3. The quantitative estimate of drug-likeness (QED) is 0.623. The molecule has 3 rings (SSSR count). The van der Waals surface area contributed by atoms with Crippen LogP contribution in [0.1, 0.15) is 12.0 Å². The van der Waals surface area contributed by atoms with Gasteiger partial charge in [-0.25, -0.2) is 4.39 Å². The number of nitrogens with one attached hydrogen (secondary N) is 2. The van der Waals surface area contributed by atoms with Crippen molar-refractivity contribution >= 4 is 40.7 Å². The monoisotopic (exact) mass is 465 g/mol. The summed E-state index contributed by atoms with van der Waals surface area (Å²) in [5, 5.41) is 6.08. The van der Waals surface area contributed by atoms with Crippen molar-refractivity contribution < 1.29 is 18.7 Å². The number of fused-ring (bicyclic) bond motifs is 1. The Morgan fingerprint density at radius 3 is 2.77 bits per heavy atom. The van der Waals surface area contributed by atoms with Gasteiger partial charge in [-0.15, -0.1) is 0 Å². The highest BCUT2D eigenvalue weighted by atomic mass is 35.5. The Kier molecular flexibility index (Phi) is 7.41. The largest absolute Gasteiger partial charge is 0.484 e. The van der Waals surface area contributed by atoms with Crippen molar-refractivity contribution in [2.45, 2.75) is 18.9 Å². The summed E-state index contributed by atoms with van der Waals surface area (Å²) in [4.78, 5) is 26.4. The minimum atomic E-state index is -0.626. The molecule has 0 radical (unpaired) electrons. The Hall–Kier alpha value is -2.77. The number of carbonyl (C=O) groups excluding carboxylic acids is 2. The fraction of sp³-hybridized carbons (Fsp3) is 0.273. The van der Waals surface area contributed by atoms with Gasteiger partial charge in [0.25, 0.3) is 5.91 Å². The summed E-state index contributed by atoms with van der Waals surface area (Å²) >= 11 is 11.6. The van der Waals surface area contributed by atoms with E-state index >= 15 is 0 Å². The lowest BCUT2D eigenvalue weighted by molar-refractivity contribution is -0.122. The van der Waals surface area contributed by atoms with Crippen LogP contribution < -0.4 is 20.3 Å². The second-order valence-corrected chi connectivity index (χ2v) is 8.00. The van der Waals surface area contributed by atoms with Crippen LogP contribution in [0.25, 0.3) is 0 Å². The summed E-state index contributed by atoms with van der Waals surface area (Å²) in [7, 11) is 1.87. The zero-order valence-electron chi connectivity index (χ0n) is 16.9. The Morgan fingerprint density at radius 1 is 1.26 bits per heavy atom. The summed E-state index contributed by atoms with van der Waals surface area (Å²) < 4.78 is 18.6. The Bertz CT molecular complexity index is 1020. The highest BCUT2D eigenvalue weighted by Gasteiger charge is 2.31. The second-order valence-electron chi connectivity index (χ2n) is 7.16. The van der Waals surface area contributed by atoms with Crippen molar-refractivity contribution in [2.75, 3.05) is 25.1 Å². The van der Waals surface area contributed by atoms with Crippen LogP contribution in [-0.4, -0.2) is 38.1 Å². The zero-order chi connectivity index (χ0) is 22.5. The lowest BCUT2D eigenvalue weighted by Crippen LogP contribution is -2.44. The summed E-state index contributed by atoms with van der Waals surface area (Å²) in [6.07, 6.45) is 0.945. The maximum atomic E-state index is 13.4. The SMILES string of the molecule is C=C(CCNC(=O)C1Cc2cc(Cl)ccc2N1C)NC(=O)COc1ccc(Cl)c(F)c1. The third-order valence-corrected chi connectivity index (χ3v) is 5.45. The van der Waals surface area contributed by atoms with Crippen LogP contribution in [-0.2, 0) is 16.0 Å². The lowest BCUT2D eigenvalue weighted by atomic mass is 10.1. The number of carbonyl (C=O) groups is 2. The smallest absolute Gasteiger partial charge is 0.262 e. The van der Waals surface area contributed by atoms with Crippen LogP contribution in [0.5, 0.6) is 5.75 Å². The van der Waals surface area contributed by atoms with E-state index in [1.165, 1.54) is 12.1 Å². The van der Waals surface area contributed by atoms with Gasteiger partial charge < -0.3 is 20.3 Å². The first-order chi connectivity index (χ1) is 14.7. The number of anilines is 1. The molecule has 0 aromatic heterocycles. The van der Waals surface area contributed by atoms with Crippen molar-refractivity contribution in [3.63, 3.8) is 0 Å². The average molecular weight is 466 g/mol. The standard InChI is InChI=1S/C22H22Cl2FN3O3/c1-13(27-21(29)12-31-16-4-5-17(24)18(25)11-16)7-8-26-22(30)20-10-14-9-15(23)3-6-19(14)28(20)2/h3-6,9,11,20H,1,7-8,10,12H2,2H3,(H,26,30)(H,27,29). The maximum absolute atomic E-state index is 13.4. The third kappa shape index (κ3) is 5.89. The van der Waals surface area contributed by atoms with Gasteiger partial charge in [-0.3, -0.25) is 9.59 Å². The van der Waals surface area contributed by atoms with Crippen molar-refractivity contribution in [2.24, 2.45) is 0 Å². The molecule has 1 unspecified atom stereocenters. The molecule has 1 aliphatic rings. The van der Waals surface area contributed by atoms with Crippen LogP contribution in [0.2, 0.25) is 10.0 Å². The molecule has 0 spiro atoms. The highest BCUT2D eigenvalue weighted by molar-refractivity contribution is 6.31. The summed E-state index contributed by atoms with van der Waals surface area (Å²) in [5.41, 5.74) is 2.46. The number of halogens is 3. The van der Waals surface area contributed by atoms with Crippen LogP contribution >= 0.6 is 23.2 Å². The first-order valence-electron chi connectivity index (χ1n) is 9.59. The first-order valence-corrected chi connectivity index (χ1v) is 10.3. The topological polar surface area (TPSA) is 70.7 Å². The normalized spacial score (nSPS) is 14.7. The number of benzene rings is 2. The summed E-state index contributed by atoms with van der Waals surface area (Å²) in [6.45, 7) is 3.80. The van der Waals surface area contributed by atoms with Gasteiger partial charge in [-0.1, -0.05) is 29.8 Å². The molecule has 0 aliphatic carbocycles. The molecule has 2 aromatic carbocycles. The molecule has 6 nitrogen and oxygen atoms in total. The summed E-state index contributed by atoms with van der Waals surface area (Å²) in [5.74, 6) is -0.978. The van der Waals surface area contributed by atoms with E-state index in [-0.39, 0.29) is 29.3 Å². The average Bonchev–Trinajstić information content (AvgIpc) is 3.04. The Balaban J connectivity index is 1.38. The number of amides is 2. The highest BCUT2D eigenvalue weighted by Crippen LogP contribution is 2.32. The molecule has 9 heteroatoms. The van der Waals surface area contributed by atoms with E-state index in [9.17, 15) is 14.0 Å². The molecule has 2 amide bonds. The van der Waals surface area contributed by atoms with Crippen LogP contribution in [0.3, 0.4) is 0 Å². The fourth-order valence-electron chi connectivity index (χ4n) is 3.31. The van der Waals surface area contributed by atoms with Crippen molar-refractivity contribution in [1.29, 1.82) is 0 Å². The second kappa shape index (κ2) is 10.0. The van der Waals surface area contributed by atoms with Gasteiger partial charge in [-0.05, 0) is 35.9 Å². The molecular weight excluding hydrogens is 444 g/mol. The van der Waals surface area contributed by atoms with E-state index in [4.69, 9.17) is 27.9 Å². The molecule has 164 valence electrons. The molecule has 0 saturated heterocycles.